The number of carboxylic acids is 1. The number of nitriles is 1. The maximum atomic E-state index is 10.8. The monoisotopic (exact) mass is 234 g/mol. The van der Waals surface area contributed by atoms with Gasteiger partial charge in [-0.1, -0.05) is 6.92 Å². The van der Waals surface area contributed by atoms with Crippen LogP contribution in [0.15, 0.2) is 12.4 Å². The molecule has 0 bridgehead atoms. The van der Waals surface area contributed by atoms with E-state index in [4.69, 9.17) is 10.4 Å². The largest absolute Gasteiger partial charge is 0.480 e. The van der Waals surface area contributed by atoms with Gasteiger partial charge < -0.3 is 10.0 Å². The van der Waals surface area contributed by atoms with E-state index in [9.17, 15) is 4.79 Å². The third-order valence-electron chi connectivity index (χ3n) is 2.48. The Morgan fingerprint density at radius 2 is 2.29 bits per heavy atom. The van der Waals surface area contributed by atoms with Crippen LogP contribution >= 0.6 is 0 Å². The van der Waals surface area contributed by atoms with Crippen LogP contribution < -0.4 is 4.90 Å². The predicted molar refractivity (Wildman–Crippen MR) is 61.5 cm³/mol. The van der Waals surface area contributed by atoms with Crippen molar-refractivity contribution in [2.45, 2.75) is 26.3 Å². The molecule has 0 spiro atoms. The Hall–Kier alpha value is -2.16. The van der Waals surface area contributed by atoms with Crippen molar-refractivity contribution < 1.29 is 9.90 Å². The number of aromatic nitrogens is 2. The summed E-state index contributed by atoms with van der Waals surface area (Å²) in [6.45, 7) is 3.76. The van der Waals surface area contributed by atoms with Gasteiger partial charge in [0.1, 0.15) is 18.4 Å². The summed E-state index contributed by atoms with van der Waals surface area (Å²) in [5, 5.41) is 17.5. The molecule has 17 heavy (non-hydrogen) atoms. The number of hydrogen-bond acceptors (Lipinski definition) is 5. The van der Waals surface area contributed by atoms with E-state index in [1.54, 1.807) is 4.90 Å². The van der Waals surface area contributed by atoms with E-state index < -0.39 is 5.97 Å². The molecule has 1 rings (SSSR count). The number of hydrogen-bond donors (Lipinski definition) is 1. The standard InChI is InChI=1S/C11H14N4O2/c1-3-8(2)15(7-11(16)17)10-6-13-9(4-12)5-14-10/h5-6,8H,3,7H2,1-2H3,(H,16,17). The number of anilines is 1. The van der Waals surface area contributed by atoms with Crippen molar-refractivity contribution in [2.24, 2.45) is 0 Å². The highest BCUT2D eigenvalue weighted by atomic mass is 16.4. The fraction of sp³-hybridized carbons (Fsp3) is 0.455. The molecule has 0 aliphatic carbocycles. The Balaban J connectivity index is 2.96. The van der Waals surface area contributed by atoms with E-state index in [1.807, 2.05) is 19.9 Å². The lowest BCUT2D eigenvalue weighted by Crippen LogP contribution is -2.37. The molecule has 6 heteroatoms. The minimum atomic E-state index is -0.920. The SMILES string of the molecule is CCC(C)N(CC(=O)O)c1cnc(C#N)cn1. The average Bonchev–Trinajstić information content (AvgIpc) is 2.35. The van der Waals surface area contributed by atoms with Crippen LogP contribution in [-0.4, -0.2) is 33.6 Å². The quantitative estimate of drug-likeness (QED) is 0.818. The van der Waals surface area contributed by atoms with Gasteiger partial charge in [-0.3, -0.25) is 4.79 Å². The molecule has 1 N–H and O–H groups in total. The minimum absolute atomic E-state index is 0.0494. The molecule has 1 unspecified atom stereocenters. The van der Waals surface area contributed by atoms with Gasteiger partial charge in [-0.2, -0.15) is 5.26 Å². The molecule has 0 saturated carbocycles. The van der Waals surface area contributed by atoms with Crippen LogP contribution in [0.5, 0.6) is 0 Å². The molecule has 0 saturated heterocycles. The Morgan fingerprint density at radius 1 is 1.59 bits per heavy atom. The predicted octanol–water partition coefficient (Wildman–Crippen LogP) is 1.04. The van der Waals surface area contributed by atoms with Gasteiger partial charge in [0, 0.05) is 6.04 Å². The van der Waals surface area contributed by atoms with Gasteiger partial charge in [0.25, 0.3) is 0 Å². The smallest absolute Gasteiger partial charge is 0.323 e. The molecule has 1 aromatic heterocycles. The van der Waals surface area contributed by atoms with E-state index in [0.717, 1.165) is 6.42 Å². The number of rotatable bonds is 5. The van der Waals surface area contributed by atoms with E-state index in [0.29, 0.717) is 5.82 Å². The fourth-order valence-electron chi connectivity index (χ4n) is 1.36. The number of aliphatic carboxylic acids is 1. The van der Waals surface area contributed by atoms with Gasteiger partial charge in [0.15, 0.2) is 5.69 Å². The van der Waals surface area contributed by atoms with E-state index in [-0.39, 0.29) is 18.3 Å². The van der Waals surface area contributed by atoms with Gasteiger partial charge in [-0.15, -0.1) is 0 Å². The van der Waals surface area contributed by atoms with Gasteiger partial charge in [0.05, 0.1) is 12.4 Å². The van der Waals surface area contributed by atoms with E-state index >= 15 is 0 Å². The molecule has 1 aromatic rings. The van der Waals surface area contributed by atoms with Gasteiger partial charge in [-0.05, 0) is 13.3 Å². The summed E-state index contributed by atoms with van der Waals surface area (Å²) in [5.41, 5.74) is 0.216. The topological polar surface area (TPSA) is 90.1 Å². The molecule has 1 atom stereocenters. The molecule has 0 aliphatic rings. The van der Waals surface area contributed by atoms with Crippen LogP contribution in [0.3, 0.4) is 0 Å². The van der Waals surface area contributed by atoms with Crippen molar-refractivity contribution in [1.29, 1.82) is 5.26 Å². The maximum Gasteiger partial charge on any atom is 0.323 e. The molecule has 0 aliphatic heterocycles. The van der Waals surface area contributed by atoms with Crippen molar-refractivity contribution in [3.8, 4) is 6.07 Å². The zero-order valence-corrected chi connectivity index (χ0v) is 9.79. The Labute approximate surface area is 99.5 Å². The highest BCUT2D eigenvalue weighted by molar-refractivity contribution is 5.73. The maximum absolute atomic E-state index is 10.8. The lowest BCUT2D eigenvalue weighted by Gasteiger charge is -2.27. The second kappa shape index (κ2) is 5.80. The normalized spacial score (nSPS) is 11.6. The van der Waals surface area contributed by atoms with Crippen LogP contribution in [0.25, 0.3) is 0 Å². The van der Waals surface area contributed by atoms with Crippen molar-refractivity contribution in [3.63, 3.8) is 0 Å². The summed E-state index contributed by atoms with van der Waals surface area (Å²) in [7, 11) is 0. The Morgan fingerprint density at radius 3 is 2.71 bits per heavy atom. The molecule has 0 fully saturated rings. The van der Waals surface area contributed by atoms with E-state index in [1.165, 1.54) is 12.4 Å². The molecule has 0 radical (unpaired) electrons. The summed E-state index contributed by atoms with van der Waals surface area (Å²) in [6, 6.07) is 1.92. The highest BCUT2D eigenvalue weighted by Gasteiger charge is 2.17. The second-order valence-electron chi connectivity index (χ2n) is 3.65. The molecule has 0 aromatic carbocycles. The number of carbonyl (C=O) groups is 1. The van der Waals surface area contributed by atoms with Crippen LogP contribution in [0.2, 0.25) is 0 Å². The van der Waals surface area contributed by atoms with Crippen LogP contribution in [0.4, 0.5) is 5.82 Å². The summed E-state index contributed by atoms with van der Waals surface area (Å²) >= 11 is 0. The zero-order valence-electron chi connectivity index (χ0n) is 9.79. The van der Waals surface area contributed by atoms with Gasteiger partial charge >= 0.3 is 5.97 Å². The Bertz CT molecular complexity index is 424. The molecule has 6 nitrogen and oxygen atoms in total. The summed E-state index contributed by atoms with van der Waals surface area (Å²) in [5.74, 6) is -0.447. The number of nitrogens with zero attached hydrogens (tertiary/aromatic N) is 4. The first-order chi connectivity index (χ1) is 8.08. The molecule has 90 valence electrons. The Kier molecular flexibility index (Phi) is 4.40. The number of carboxylic acid groups (broad SMARTS) is 1. The van der Waals surface area contributed by atoms with Crippen molar-refractivity contribution in [2.75, 3.05) is 11.4 Å². The first-order valence-electron chi connectivity index (χ1n) is 5.29. The van der Waals surface area contributed by atoms with Gasteiger partial charge in [-0.25, -0.2) is 9.97 Å². The lowest BCUT2D eigenvalue weighted by atomic mass is 10.2. The average molecular weight is 234 g/mol. The van der Waals surface area contributed by atoms with Crippen LogP contribution in [-0.2, 0) is 4.79 Å². The minimum Gasteiger partial charge on any atom is -0.480 e. The summed E-state index contributed by atoms with van der Waals surface area (Å²) in [6.07, 6.45) is 3.56. The van der Waals surface area contributed by atoms with E-state index in [2.05, 4.69) is 9.97 Å². The van der Waals surface area contributed by atoms with Crippen molar-refractivity contribution in [3.05, 3.63) is 18.1 Å². The molecule has 1 heterocycles. The molecular weight excluding hydrogens is 220 g/mol. The van der Waals surface area contributed by atoms with Crippen LogP contribution in [0.1, 0.15) is 26.0 Å². The fourth-order valence-corrected chi connectivity index (χ4v) is 1.36. The van der Waals surface area contributed by atoms with Crippen molar-refractivity contribution in [1.82, 2.24) is 9.97 Å². The molecular formula is C11H14N4O2. The first kappa shape index (κ1) is 12.9. The summed E-state index contributed by atoms with van der Waals surface area (Å²) < 4.78 is 0. The third kappa shape index (κ3) is 3.41. The van der Waals surface area contributed by atoms with Crippen LogP contribution in [0, 0.1) is 11.3 Å². The zero-order chi connectivity index (χ0) is 12.8. The highest BCUT2D eigenvalue weighted by Crippen LogP contribution is 2.14. The third-order valence-corrected chi connectivity index (χ3v) is 2.48. The molecule has 0 amide bonds. The van der Waals surface area contributed by atoms with Crippen molar-refractivity contribution >= 4 is 11.8 Å². The second-order valence-corrected chi connectivity index (χ2v) is 3.65. The first-order valence-corrected chi connectivity index (χ1v) is 5.29. The van der Waals surface area contributed by atoms with Gasteiger partial charge in [0.2, 0.25) is 0 Å². The summed E-state index contributed by atoms with van der Waals surface area (Å²) in [4.78, 5) is 20.4. The lowest BCUT2D eigenvalue weighted by molar-refractivity contribution is -0.135.